The molecule has 5 nitrogen and oxygen atoms in total. The molecule has 0 aliphatic carbocycles. The molecule has 1 fully saturated rings. The minimum atomic E-state index is -1.41. The van der Waals surface area contributed by atoms with Crippen LogP contribution in [0.4, 0.5) is 14.9 Å². The van der Waals surface area contributed by atoms with E-state index < -0.39 is 16.6 Å². The van der Waals surface area contributed by atoms with Gasteiger partial charge in [0.15, 0.2) is 0 Å². The summed E-state index contributed by atoms with van der Waals surface area (Å²) in [6.07, 6.45) is 5.27. The average Bonchev–Trinajstić information content (AvgIpc) is 2.87. The van der Waals surface area contributed by atoms with Crippen molar-refractivity contribution in [3.63, 3.8) is 0 Å². The number of rotatable bonds is 3. The molecule has 1 N–H and O–H groups in total. The predicted octanol–water partition coefficient (Wildman–Crippen LogP) is 4.61. The van der Waals surface area contributed by atoms with Crippen molar-refractivity contribution in [2.24, 2.45) is 0 Å². The zero-order valence-corrected chi connectivity index (χ0v) is 15.8. The van der Waals surface area contributed by atoms with Gasteiger partial charge in [-0.25, -0.2) is 9.18 Å². The van der Waals surface area contributed by atoms with Crippen LogP contribution in [0.25, 0.3) is 0 Å². The number of hydrogen-bond acceptors (Lipinski definition) is 3. The molecule has 2 atom stereocenters. The van der Waals surface area contributed by atoms with Gasteiger partial charge < -0.3 is 14.6 Å². The molecule has 1 aliphatic rings. The van der Waals surface area contributed by atoms with E-state index in [0.29, 0.717) is 12.2 Å². The van der Waals surface area contributed by atoms with Gasteiger partial charge >= 0.3 is 6.03 Å². The molecule has 0 bridgehead atoms. The Labute approximate surface area is 155 Å². The Morgan fingerprint density at radius 3 is 2.73 bits per heavy atom. The van der Waals surface area contributed by atoms with Gasteiger partial charge in [-0.1, -0.05) is 12.8 Å². The van der Waals surface area contributed by atoms with Crippen LogP contribution in [0.1, 0.15) is 43.2 Å². The van der Waals surface area contributed by atoms with Crippen molar-refractivity contribution in [2.75, 3.05) is 18.1 Å². The Morgan fingerprint density at radius 1 is 1.27 bits per heavy atom. The normalized spacial score (nSPS) is 19.0. The van der Waals surface area contributed by atoms with Crippen molar-refractivity contribution < 1.29 is 17.8 Å². The highest BCUT2D eigenvalue weighted by Gasteiger charge is 2.29. The summed E-state index contributed by atoms with van der Waals surface area (Å²) in [5.41, 5.74) is 0.348. The molecule has 1 aliphatic heterocycles. The smallest absolute Gasteiger partial charge is 0.322 e. The molecule has 0 radical (unpaired) electrons. The summed E-state index contributed by atoms with van der Waals surface area (Å²) in [5, 5.41) is 2.76. The predicted molar refractivity (Wildman–Crippen MR) is 99.1 cm³/mol. The second kappa shape index (κ2) is 8.03. The quantitative estimate of drug-likeness (QED) is 0.848. The molecule has 7 heteroatoms. The summed E-state index contributed by atoms with van der Waals surface area (Å²) in [6, 6.07) is 7.62. The van der Waals surface area contributed by atoms with Gasteiger partial charge in [-0.05, 0) is 50.1 Å². The van der Waals surface area contributed by atoms with Crippen molar-refractivity contribution in [1.29, 1.82) is 0 Å². The van der Waals surface area contributed by atoms with Crippen LogP contribution < -0.4 is 5.32 Å². The Hall–Kier alpha value is -2.15. The maximum absolute atomic E-state index is 14.0. The van der Waals surface area contributed by atoms with E-state index >= 15 is 0 Å². The van der Waals surface area contributed by atoms with Gasteiger partial charge in [0.2, 0.25) is 0 Å². The summed E-state index contributed by atoms with van der Waals surface area (Å²) >= 11 is 0. The first-order valence-corrected chi connectivity index (χ1v) is 10.3. The number of halogens is 1. The van der Waals surface area contributed by atoms with E-state index in [9.17, 15) is 13.4 Å². The molecular formula is C19H23FN2O3S. The topological polar surface area (TPSA) is 62.6 Å². The molecule has 0 spiro atoms. The van der Waals surface area contributed by atoms with Crippen molar-refractivity contribution >= 4 is 22.5 Å². The third-order valence-corrected chi connectivity index (χ3v) is 5.55. The first-order valence-electron chi connectivity index (χ1n) is 8.72. The van der Waals surface area contributed by atoms with Crippen LogP contribution in [-0.4, -0.2) is 27.9 Å². The number of nitrogens with zero attached hydrogens (tertiary/aromatic N) is 1. The second-order valence-electron chi connectivity index (χ2n) is 6.54. The molecule has 2 amide bonds. The Morgan fingerprint density at radius 2 is 2.08 bits per heavy atom. The number of carbonyl (C=O) groups is 1. The van der Waals surface area contributed by atoms with E-state index in [1.165, 1.54) is 18.4 Å². The monoisotopic (exact) mass is 378 g/mol. The first kappa shape index (κ1) is 18.6. The SMILES string of the molecule is Cc1ccc([C@@H]2CCCCCN2C(=O)Nc2ccc([S@](C)=O)c(F)c2)o1. The van der Waals surface area contributed by atoms with Crippen LogP contribution in [0.3, 0.4) is 0 Å². The number of nitrogens with one attached hydrogen (secondary N) is 1. The van der Waals surface area contributed by atoms with E-state index in [4.69, 9.17) is 4.42 Å². The maximum Gasteiger partial charge on any atom is 0.322 e. The summed E-state index contributed by atoms with van der Waals surface area (Å²) in [5.74, 6) is 1.01. The highest BCUT2D eigenvalue weighted by molar-refractivity contribution is 7.84. The maximum atomic E-state index is 14.0. The Bertz CT molecular complexity index is 821. The van der Waals surface area contributed by atoms with Gasteiger partial charge in [-0.2, -0.15) is 0 Å². The minimum absolute atomic E-state index is 0.126. The summed E-state index contributed by atoms with van der Waals surface area (Å²) < 4.78 is 31.2. The van der Waals surface area contributed by atoms with Crippen LogP contribution in [0.15, 0.2) is 39.6 Å². The van der Waals surface area contributed by atoms with Gasteiger partial charge in [-0.15, -0.1) is 0 Å². The van der Waals surface area contributed by atoms with E-state index in [1.807, 2.05) is 19.1 Å². The van der Waals surface area contributed by atoms with Gasteiger partial charge in [0.25, 0.3) is 0 Å². The fourth-order valence-electron chi connectivity index (χ4n) is 3.29. The second-order valence-corrected chi connectivity index (χ2v) is 7.88. The zero-order valence-electron chi connectivity index (χ0n) is 15.0. The fourth-order valence-corrected chi connectivity index (χ4v) is 3.88. The largest absolute Gasteiger partial charge is 0.464 e. The molecule has 2 aromatic rings. The average molecular weight is 378 g/mol. The lowest BCUT2D eigenvalue weighted by molar-refractivity contribution is 0.178. The van der Waals surface area contributed by atoms with Gasteiger partial charge in [0, 0.05) is 18.5 Å². The number of aryl methyl sites for hydroxylation is 1. The number of amides is 2. The van der Waals surface area contributed by atoms with Crippen LogP contribution >= 0.6 is 0 Å². The van der Waals surface area contributed by atoms with Crippen LogP contribution in [-0.2, 0) is 10.8 Å². The van der Waals surface area contributed by atoms with Crippen molar-refractivity contribution in [3.8, 4) is 0 Å². The zero-order chi connectivity index (χ0) is 18.7. The van der Waals surface area contributed by atoms with Crippen molar-refractivity contribution in [2.45, 2.75) is 43.5 Å². The summed E-state index contributed by atoms with van der Waals surface area (Å²) in [4.78, 5) is 14.7. The molecule has 1 aromatic carbocycles. The van der Waals surface area contributed by atoms with Crippen LogP contribution in [0.5, 0.6) is 0 Å². The number of urea groups is 1. The molecular weight excluding hydrogens is 355 g/mol. The van der Waals surface area contributed by atoms with Crippen molar-refractivity contribution in [3.05, 3.63) is 47.7 Å². The van der Waals surface area contributed by atoms with Gasteiger partial charge in [0.1, 0.15) is 17.3 Å². The molecule has 140 valence electrons. The molecule has 0 unspecified atom stereocenters. The third kappa shape index (κ3) is 4.15. The standard InChI is InChI=1S/C19H23FN2O3S/c1-13-7-9-17(25-13)16-6-4-3-5-11-22(16)19(23)21-14-8-10-18(26(2)24)15(20)12-14/h7-10,12,16H,3-6,11H2,1-2H3,(H,21,23)/t16-,26-/m0/s1. The fraction of sp³-hybridized carbons (Fsp3) is 0.421. The van der Waals surface area contributed by atoms with E-state index in [2.05, 4.69) is 5.32 Å². The van der Waals surface area contributed by atoms with E-state index in [0.717, 1.165) is 37.2 Å². The van der Waals surface area contributed by atoms with E-state index in [1.54, 1.807) is 11.0 Å². The lowest BCUT2D eigenvalue weighted by atomic mass is 10.1. The highest BCUT2D eigenvalue weighted by atomic mass is 32.2. The highest BCUT2D eigenvalue weighted by Crippen LogP contribution is 2.32. The Kier molecular flexibility index (Phi) is 5.76. The van der Waals surface area contributed by atoms with E-state index in [-0.39, 0.29) is 17.0 Å². The molecule has 26 heavy (non-hydrogen) atoms. The lowest BCUT2D eigenvalue weighted by Gasteiger charge is -2.28. The van der Waals surface area contributed by atoms with Crippen molar-refractivity contribution in [1.82, 2.24) is 4.90 Å². The number of carbonyl (C=O) groups excluding carboxylic acids is 1. The van der Waals surface area contributed by atoms with Crippen LogP contribution in [0, 0.1) is 12.7 Å². The number of anilines is 1. The summed E-state index contributed by atoms with van der Waals surface area (Å²) in [6.45, 7) is 2.50. The molecule has 3 rings (SSSR count). The lowest BCUT2D eigenvalue weighted by Crippen LogP contribution is -2.38. The van der Waals surface area contributed by atoms with Gasteiger partial charge in [0.05, 0.1) is 21.7 Å². The van der Waals surface area contributed by atoms with Crippen LogP contribution in [0.2, 0.25) is 0 Å². The first-order chi connectivity index (χ1) is 12.5. The number of likely N-dealkylation sites (tertiary alicyclic amines) is 1. The molecule has 0 saturated carbocycles. The minimum Gasteiger partial charge on any atom is -0.464 e. The molecule has 1 aromatic heterocycles. The molecule has 1 saturated heterocycles. The summed E-state index contributed by atoms with van der Waals surface area (Å²) in [7, 11) is -1.41. The number of furan rings is 1. The number of hydrogen-bond donors (Lipinski definition) is 1. The van der Waals surface area contributed by atoms with Gasteiger partial charge in [-0.3, -0.25) is 4.21 Å². The molecule has 2 heterocycles. The third-order valence-electron chi connectivity index (χ3n) is 4.60. The Balaban J connectivity index is 1.79. The number of benzene rings is 1.